The van der Waals surface area contributed by atoms with Crippen LogP contribution < -0.4 is 0 Å². The van der Waals surface area contributed by atoms with E-state index in [1.54, 1.807) is 12.7 Å². The number of aliphatic hydroxyl groups is 1. The van der Waals surface area contributed by atoms with Gasteiger partial charge in [-0.2, -0.15) is 0 Å². The molecule has 2 aromatic heterocycles. The summed E-state index contributed by atoms with van der Waals surface area (Å²) in [6.07, 6.45) is 7.50. The van der Waals surface area contributed by atoms with Gasteiger partial charge in [-0.25, -0.2) is 19.9 Å². The molecule has 7 nitrogen and oxygen atoms in total. The lowest BCUT2D eigenvalue weighted by Crippen LogP contribution is -2.17. The topological polar surface area (TPSA) is 79.4 Å². The average molecular weight is 302 g/mol. The van der Waals surface area contributed by atoms with Crippen molar-refractivity contribution in [3.63, 3.8) is 0 Å². The molecule has 2 aromatic rings. The number of rotatable bonds is 4. The third-order valence-electron chi connectivity index (χ3n) is 4.28. The fourth-order valence-corrected chi connectivity index (χ4v) is 3.07. The molecule has 0 aromatic carbocycles. The van der Waals surface area contributed by atoms with Gasteiger partial charge in [-0.05, 0) is 18.8 Å². The van der Waals surface area contributed by atoms with Crippen molar-refractivity contribution in [2.75, 3.05) is 14.1 Å². The number of imidazole rings is 1. The maximum absolute atomic E-state index is 10.3. The smallest absolute Gasteiger partial charge is 0.184 e. The van der Waals surface area contributed by atoms with E-state index in [1.165, 1.54) is 6.33 Å². The first-order valence-corrected chi connectivity index (χ1v) is 7.66. The van der Waals surface area contributed by atoms with Gasteiger partial charge in [-0.15, -0.1) is 0 Å². The number of aliphatic hydroxyl groups excluding tert-OH is 1. The Kier molecular flexibility index (Phi) is 4.06. The predicted molar refractivity (Wildman–Crippen MR) is 85.2 cm³/mol. The zero-order chi connectivity index (χ0) is 15.7. The Morgan fingerprint density at radius 2 is 2.18 bits per heavy atom. The lowest BCUT2D eigenvalue weighted by molar-refractivity contribution is 0.136. The van der Waals surface area contributed by atoms with Gasteiger partial charge in [0.25, 0.3) is 0 Å². The van der Waals surface area contributed by atoms with Crippen LogP contribution in [0.15, 0.2) is 17.6 Å². The van der Waals surface area contributed by atoms with Gasteiger partial charge < -0.3 is 14.6 Å². The van der Waals surface area contributed by atoms with Gasteiger partial charge in [0.2, 0.25) is 0 Å². The van der Waals surface area contributed by atoms with Gasteiger partial charge in [0.15, 0.2) is 17.0 Å². The van der Waals surface area contributed by atoms with Crippen LogP contribution in [0.4, 0.5) is 5.82 Å². The van der Waals surface area contributed by atoms with Crippen LogP contribution in [0, 0.1) is 5.92 Å². The Labute approximate surface area is 129 Å². The Morgan fingerprint density at radius 1 is 1.36 bits per heavy atom. The average Bonchev–Trinajstić information content (AvgIpc) is 3.08. The lowest BCUT2D eigenvalue weighted by atomic mass is 10.1. The summed E-state index contributed by atoms with van der Waals surface area (Å²) in [6, 6.07) is 0.0375. The van der Waals surface area contributed by atoms with E-state index in [1.807, 2.05) is 23.6 Å². The van der Waals surface area contributed by atoms with Gasteiger partial charge in [-0.3, -0.25) is 0 Å². The molecule has 1 fully saturated rings. The van der Waals surface area contributed by atoms with Crippen LogP contribution in [-0.4, -0.2) is 56.1 Å². The SMILES string of the molecule is CC[C@@H]1CC(O)[C@H](n2cnc3c(/N=C\N(C)C)ncnc32)C1. The van der Waals surface area contributed by atoms with Crippen molar-refractivity contribution in [3.8, 4) is 0 Å². The summed E-state index contributed by atoms with van der Waals surface area (Å²) in [5.41, 5.74) is 1.41. The van der Waals surface area contributed by atoms with E-state index in [0.29, 0.717) is 17.3 Å². The van der Waals surface area contributed by atoms with Crippen molar-refractivity contribution in [2.24, 2.45) is 10.9 Å². The minimum Gasteiger partial charge on any atom is -0.391 e. The second-order valence-electron chi connectivity index (χ2n) is 6.11. The number of aliphatic imine (C=N–C) groups is 1. The molecule has 0 aliphatic heterocycles. The standard InChI is InChI=1S/C15H22N6O/c1-4-10-5-11(12(22)6-10)21-9-18-13-14(19-8-20(2)3)16-7-17-15(13)21/h7-12,22H,4-6H2,1-3H3/b19-8-/t10-,11+,12?/m0/s1. The molecule has 22 heavy (non-hydrogen) atoms. The minimum atomic E-state index is -0.342. The highest BCUT2D eigenvalue weighted by atomic mass is 16.3. The van der Waals surface area contributed by atoms with Crippen molar-refractivity contribution in [2.45, 2.75) is 38.3 Å². The second kappa shape index (κ2) is 6.00. The summed E-state index contributed by atoms with van der Waals surface area (Å²) < 4.78 is 1.98. The van der Waals surface area contributed by atoms with Gasteiger partial charge >= 0.3 is 0 Å². The monoisotopic (exact) mass is 302 g/mol. The number of hydrogen-bond donors (Lipinski definition) is 1. The van der Waals surface area contributed by atoms with E-state index in [0.717, 1.165) is 24.9 Å². The van der Waals surface area contributed by atoms with Crippen LogP contribution in [0.25, 0.3) is 11.2 Å². The molecule has 3 atom stereocenters. The number of nitrogens with zero attached hydrogens (tertiary/aromatic N) is 6. The van der Waals surface area contributed by atoms with Crippen molar-refractivity contribution < 1.29 is 5.11 Å². The molecule has 7 heteroatoms. The highest BCUT2D eigenvalue weighted by molar-refractivity contribution is 5.82. The summed E-state index contributed by atoms with van der Waals surface area (Å²) in [5.74, 6) is 1.11. The maximum atomic E-state index is 10.3. The molecule has 1 aliphatic rings. The van der Waals surface area contributed by atoms with Crippen molar-refractivity contribution in [3.05, 3.63) is 12.7 Å². The van der Waals surface area contributed by atoms with Gasteiger partial charge in [0.1, 0.15) is 6.33 Å². The molecule has 1 N–H and O–H groups in total. The molecule has 2 heterocycles. The Bertz CT molecular complexity index is 680. The van der Waals surface area contributed by atoms with Gasteiger partial charge in [-0.1, -0.05) is 13.3 Å². The van der Waals surface area contributed by atoms with Crippen LogP contribution in [0.1, 0.15) is 32.2 Å². The Balaban J connectivity index is 1.98. The van der Waals surface area contributed by atoms with Crippen LogP contribution in [-0.2, 0) is 0 Å². The molecule has 118 valence electrons. The van der Waals surface area contributed by atoms with E-state index in [4.69, 9.17) is 0 Å². The molecule has 1 unspecified atom stereocenters. The third-order valence-corrected chi connectivity index (χ3v) is 4.28. The van der Waals surface area contributed by atoms with Crippen LogP contribution in [0.2, 0.25) is 0 Å². The van der Waals surface area contributed by atoms with Gasteiger partial charge in [0.05, 0.1) is 24.8 Å². The summed E-state index contributed by atoms with van der Waals surface area (Å²) in [7, 11) is 3.81. The quantitative estimate of drug-likeness (QED) is 0.688. The normalized spacial score (nSPS) is 25.4. The third kappa shape index (κ3) is 2.68. The van der Waals surface area contributed by atoms with Crippen LogP contribution in [0.3, 0.4) is 0 Å². The molecule has 1 aliphatic carbocycles. The molecule has 3 rings (SSSR count). The highest BCUT2D eigenvalue weighted by Gasteiger charge is 2.34. The van der Waals surface area contributed by atoms with Crippen LogP contribution in [0.5, 0.6) is 0 Å². The number of fused-ring (bicyclic) bond motifs is 1. The predicted octanol–water partition coefficient (Wildman–Crippen LogP) is 1.77. The van der Waals surface area contributed by atoms with Crippen molar-refractivity contribution in [1.29, 1.82) is 0 Å². The maximum Gasteiger partial charge on any atom is 0.184 e. The second-order valence-corrected chi connectivity index (χ2v) is 6.11. The Hall–Kier alpha value is -2.02. The van der Waals surface area contributed by atoms with E-state index < -0.39 is 0 Å². The van der Waals surface area contributed by atoms with Crippen molar-refractivity contribution >= 4 is 23.3 Å². The first-order chi connectivity index (χ1) is 10.6. The molecule has 0 saturated heterocycles. The zero-order valence-electron chi connectivity index (χ0n) is 13.2. The van der Waals surface area contributed by atoms with E-state index in [2.05, 4.69) is 26.9 Å². The van der Waals surface area contributed by atoms with E-state index in [9.17, 15) is 5.11 Å². The molecule has 0 amide bonds. The first-order valence-electron chi connectivity index (χ1n) is 7.66. The summed E-state index contributed by atoms with van der Waals surface area (Å²) in [5, 5.41) is 10.3. The van der Waals surface area contributed by atoms with Crippen molar-refractivity contribution in [1.82, 2.24) is 24.4 Å². The minimum absolute atomic E-state index is 0.0375. The molecular weight excluding hydrogens is 280 g/mol. The first kappa shape index (κ1) is 14.9. The highest BCUT2D eigenvalue weighted by Crippen LogP contribution is 2.38. The van der Waals surface area contributed by atoms with E-state index >= 15 is 0 Å². The zero-order valence-corrected chi connectivity index (χ0v) is 13.2. The number of hydrogen-bond acceptors (Lipinski definition) is 5. The molecule has 0 bridgehead atoms. The largest absolute Gasteiger partial charge is 0.391 e. The Morgan fingerprint density at radius 3 is 2.86 bits per heavy atom. The fourth-order valence-electron chi connectivity index (χ4n) is 3.07. The molecule has 0 spiro atoms. The summed E-state index contributed by atoms with van der Waals surface area (Å²) in [4.78, 5) is 19.1. The fraction of sp³-hybridized carbons (Fsp3) is 0.600. The molecule has 1 saturated carbocycles. The molecular formula is C15H22N6O. The summed E-state index contributed by atoms with van der Waals surface area (Å²) >= 11 is 0. The summed E-state index contributed by atoms with van der Waals surface area (Å²) in [6.45, 7) is 2.17. The van der Waals surface area contributed by atoms with Crippen LogP contribution >= 0.6 is 0 Å². The molecule has 0 radical (unpaired) electrons. The van der Waals surface area contributed by atoms with Gasteiger partial charge in [0, 0.05) is 14.1 Å². The van der Waals surface area contributed by atoms with E-state index in [-0.39, 0.29) is 12.1 Å². The number of aromatic nitrogens is 4. The lowest BCUT2D eigenvalue weighted by Gasteiger charge is -2.16.